The Balaban J connectivity index is 1.82. The molecule has 2 rings (SSSR count). The van der Waals surface area contributed by atoms with Gasteiger partial charge in [-0.1, -0.05) is 0 Å². The molecule has 0 aliphatic heterocycles. The minimum atomic E-state index is -0.445. The van der Waals surface area contributed by atoms with Crippen molar-refractivity contribution < 1.29 is 9.53 Å². The van der Waals surface area contributed by atoms with Crippen LogP contribution in [0.2, 0.25) is 0 Å². The molecule has 0 saturated heterocycles. The van der Waals surface area contributed by atoms with Crippen LogP contribution in [0, 0.1) is 0 Å². The Morgan fingerprint density at radius 2 is 2.23 bits per heavy atom. The van der Waals surface area contributed by atoms with E-state index in [0.717, 1.165) is 25.1 Å². The molecule has 22 heavy (non-hydrogen) atoms. The van der Waals surface area contributed by atoms with E-state index in [2.05, 4.69) is 17.3 Å². The highest BCUT2D eigenvalue weighted by atomic mass is 16.6. The van der Waals surface area contributed by atoms with E-state index in [1.807, 2.05) is 43.5 Å². The first-order chi connectivity index (χ1) is 10.3. The third-order valence-electron chi connectivity index (χ3n) is 3.72. The summed E-state index contributed by atoms with van der Waals surface area (Å²) in [5, 5.41) is 7.63. The van der Waals surface area contributed by atoms with E-state index in [1.54, 1.807) is 6.20 Å². The van der Waals surface area contributed by atoms with Gasteiger partial charge in [-0.2, -0.15) is 5.10 Å². The second kappa shape index (κ2) is 6.69. The molecule has 1 amide bonds. The maximum atomic E-state index is 12.3. The van der Waals surface area contributed by atoms with Crippen LogP contribution in [0.25, 0.3) is 0 Å². The maximum Gasteiger partial charge on any atom is 0.410 e. The van der Waals surface area contributed by atoms with Gasteiger partial charge in [0.25, 0.3) is 0 Å². The van der Waals surface area contributed by atoms with Gasteiger partial charge in [-0.15, -0.1) is 0 Å². The molecule has 0 radical (unpaired) electrons. The van der Waals surface area contributed by atoms with Crippen LogP contribution in [0.4, 0.5) is 4.79 Å². The highest BCUT2D eigenvalue weighted by molar-refractivity contribution is 5.69. The van der Waals surface area contributed by atoms with Crippen molar-refractivity contribution in [2.45, 2.75) is 58.2 Å². The minimum Gasteiger partial charge on any atom is -0.444 e. The van der Waals surface area contributed by atoms with Gasteiger partial charge in [-0.25, -0.2) is 4.79 Å². The van der Waals surface area contributed by atoms with E-state index in [9.17, 15) is 4.79 Å². The largest absolute Gasteiger partial charge is 0.444 e. The van der Waals surface area contributed by atoms with Gasteiger partial charge < -0.3 is 15.0 Å². The lowest BCUT2D eigenvalue weighted by Gasteiger charge is -2.28. The van der Waals surface area contributed by atoms with Crippen molar-refractivity contribution in [1.82, 2.24) is 20.0 Å². The lowest BCUT2D eigenvalue weighted by Crippen LogP contribution is -2.42. The van der Waals surface area contributed by atoms with Gasteiger partial charge in [0.2, 0.25) is 0 Å². The monoisotopic (exact) mass is 308 g/mol. The molecule has 1 N–H and O–H groups in total. The molecule has 1 heterocycles. The fraction of sp³-hybridized carbons (Fsp3) is 0.750. The van der Waals surface area contributed by atoms with E-state index in [0.29, 0.717) is 12.6 Å². The lowest BCUT2D eigenvalue weighted by atomic mass is 10.2. The molecule has 1 fully saturated rings. The SMILES string of the molecule is CC(NCCN(C(=O)OC(C)(C)C)C1CC1)c1ccnn1C. The summed E-state index contributed by atoms with van der Waals surface area (Å²) in [7, 11) is 1.94. The molecule has 0 aromatic carbocycles. The molecule has 0 spiro atoms. The first kappa shape index (κ1) is 16.8. The summed E-state index contributed by atoms with van der Waals surface area (Å²) in [5.41, 5.74) is 0.690. The number of hydrogen-bond donors (Lipinski definition) is 1. The summed E-state index contributed by atoms with van der Waals surface area (Å²) in [6, 6.07) is 2.56. The average Bonchev–Trinajstić information content (AvgIpc) is 3.13. The fourth-order valence-electron chi connectivity index (χ4n) is 2.44. The third-order valence-corrected chi connectivity index (χ3v) is 3.72. The number of aromatic nitrogens is 2. The quantitative estimate of drug-likeness (QED) is 0.877. The summed E-state index contributed by atoms with van der Waals surface area (Å²) in [4.78, 5) is 14.1. The van der Waals surface area contributed by atoms with E-state index >= 15 is 0 Å². The summed E-state index contributed by atoms with van der Waals surface area (Å²) in [6.45, 7) is 9.21. The van der Waals surface area contributed by atoms with E-state index in [1.165, 1.54) is 0 Å². The lowest BCUT2D eigenvalue weighted by molar-refractivity contribution is 0.0234. The Bertz CT molecular complexity index is 502. The predicted molar refractivity (Wildman–Crippen MR) is 85.6 cm³/mol. The molecule has 6 heteroatoms. The Morgan fingerprint density at radius 3 is 2.73 bits per heavy atom. The molecule has 1 aliphatic carbocycles. The van der Waals surface area contributed by atoms with Crippen LogP contribution >= 0.6 is 0 Å². The van der Waals surface area contributed by atoms with Gasteiger partial charge in [0.05, 0.1) is 5.69 Å². The fourth-order valence-corrected chi connectivity index (χ4v) is 2.44. The van der Waals surface area contributed by atoms with Gasteiger partial charge in [0.15, 0.2) is 0 Å². The summed E-state index contributed by atoms with van der Waals surface area (Å²) >= 11 is 0. The first-order valence-electron chi connectivity index (χ1n) is 7.99. The molecule has 1 atom stereocenters. The number of nitrogens with zero attached hydrogens (tertiary/aromatic N) is 3. The molecule has 0 bridgehead atoms. The van der Waals surface area contributed by atoms with Gasteiger partial charge in [-0.05, 0) is 46.6 Å². The standard InChI is InChI=1S/C16H28N4O2/c1-12(14-8-9-18-19(14)5)17-10-11-20(13-6-7-13)15(21)22-16(2,3)4/h8-9,12-13,17H,6-7,10-11H2,1-5H3. The first-order valence-corrected chi connectivity index (χ1v) is 7.99. The second-order valence-corrected chi connectivity index (χ2v) is 6.96. The number of carbonyl (C=O) groups excluding carboxylic acids is 1. The summed E-state index contributed by atoms with van der Waals surface area (Å²) in [5.74, 6) is 0. The van der Waals surface area contributed by atoms with E-state index in [4.69, 9.17) is 4.74 Å². The van der Waals surface area contributed by atoms with Crippen LogP contribution in [0.5, 0.6) is 0 Å². The van der Waals surface area contributed by atoms with Crippen LogP contribution in [-0.2, 0) is 11.8 Å². The van der Waals surface area contributed by atoms with Crippen molar-refractivity contribution in [3.8, 4) is 0 Å². The van der Waals surface area contributed by atoms with E-state index < -0.39 is 5.60 Å². The number of nitrogens with one attached hydrogen (secondary N) is 1. The number of rotatable bonds is 6. The van der Waals surface area contributed by atoms with Crippen LogP contribution in [0.3, 0.4) is 0 Å². The van der Waals surface area contributed by atoms with Crippen molar-refractivity contribution in [3.63, 3.8) is 0 Å². The normalized spacial score (nSPS) is 16.4. The highest BCUT2D eigenvalue weighted by Crippen LogP contribution is 2.28. The average molecular weight is 308 g/mol. The molecule has 1 aromatic rings. The molecular weight excluding hydrogens is 280 g/mol. The Kier molecular flexibility index (Phi) is 5.11. The zero-order chi connectivity index (χ0) is 16.3. The number of aryl methyl sites for hydroxylation is 1. The molecule has 124 valence electrons. The van der Waals surface area contributed by atoms with Crippen LogP contribution in [0.1, 0.15) is 52.3 Å². The summed E-state index contributed by atoms with van der Waals surface area (Å²) in [6.07, 6.45) is 3.75. The third kappa shape index (κ3) is 4.73. The Morgan fingerprint density at radius 1 is 1.55 bits per heavy atom. The second-order valence-electron chi connectivity index (χ2n) is 6.96. The maximum absolute atomic E-state index is 12.3. The van der Waals surface area contributed by atoms with Gasteiger partial charge >= 0.3 is 6.09 Å². The number of hydrogen-bond acceptors (Lipinski definition) is 4. The smallest absolute Gasteiger partial charge is 0.410 e. The topological polar surface area (TPSA) is 59.4 Å². The molecule has 6 nitrogen and oxygen atoms in total. The van der Waals surface area contributed by atoms with Crippen molar-refractivity contribution in [2.24, 2.45) is 7.05 Å². The van der Waals surface area contributed by atoms with Gasteiger partial charge in [0.1, 0.15) is 5.60 Å². The van der Waals surface area contributed by atoms with Gasteiger partial charge in [-0.3, -0.25) is 4.68 Å². The number of carbonyl (C=O) groups is 1. The zero-order valence-corrected chi connectivity index (χ0v) is 14.3. The molecular formula is C16H28N4O2. The minimum absolute atomic E-state index is 0.201. The number of ether oxygens (including phenoxy) is 1. The molecule has 1 aliphatic rings. The molecule has 1 aromatic heterocycles. The van der Waals surface area contributed by atoms with Gasteiger partial charge in [0, 0.05) is 38.4 Å². The molecule has 1 unspecified atom stereocenters. The molecule has 1 saturated carbocycles. The highest BCUT2D eigenvalue weighted by Gasteiger charge is 2.34. The zero-order valence-electron chi connectivity index (χ0n) is 14.3. The van der Waals surface area contributed by atoms with Crippen LogP contribution in [-0.4, -0.2) is 45.5 Å². The summed E-state index contributed by atoms with van der Waals surface area (Å²) < 4.78 is 7.36. The van der Waals surface area contributed by atoms with Crippen LogP contribution < -0.4 is 5.32 Å². The Labute approximate surface area is 132 Å². The number of amides is 1. The van der Waals surface area contributed by atoms with Crippen molar-refractivity contribution in [3.05, 3.63) is 18.0 Å². The van der Waals surface area contributed by atoms with E-state index in [-0.39, 0.29) is 12.1 Å². The Hall–Kier alpha value is -1.56. The van der Waals surface area contributed by atoms with Crippen molar-refractivity contribution >= 4 is 6.09 Å². The van der Waals surface area contributed by atoms with Crippen molar-refractivity contribution in [2.75, 3.05) is 13.1 Å². The van der Waals surface area contributed by atoms with Crippen LogP contribution in [0.15, 0.2) is 12.3 Å². The predicted octanol–water partition coefficient (Wildman–Crippen LogP) is 2.47. The van der Waals surface area contributed by atoms with Crippen molar-refractivity contribution in [1.29, 1.82) is 0 Å².